The fourth-order valence-electron chi connectivity index (χ4n) is 1.58. The Morgan fingerprint density at radius 2 is 1.88 bits per heavy atom. The number of hydrogen-bond acceptors (Lipinski definition) is 2. The van der Waals surface area contributed by atoms with Gasteiger partial charge in [0, 0.05) is 17.7 Å². The molecule has 0 saturated carbocycles. The molecule has 0 atom stereocenters. The molecule has 2 aromatic rings. The van der Waals surface area contributed by atoms with Crippen LogP contribution in [0.15, 0.2) is 30.3 Å². The van der Waals surface area contributed by atoms with Crippen LogP contribution >= 0.6 is 0 Å². The molecule has 0 aliphatic rings. The smallest absolute Gasteiger partial charge is 0.123 e. The van der Waals surface area contributed by atoms with Crippen LogP contribution in [-0.2, 0) is 0 Å². The molecule has 0 fully saturated rings. The fourth-order valence-corrected chi connectivity index (χ4v) is 1.58. The van der Waals surface area contributed by atoms with Gasteiger partial charge in [-0.3, -0.25) is 0 Å². The van der Waals surface area contributed by atoms with Gasteiger partial charge >= 0.3 is 0 Å². The van der Waals surface area contributed by atoms with Crippen molar-refractivity contribution in [2.24, 2.45) is 0 Å². The molecule has 0 radical (unpaired) electrons. The van der Waals surface area contributed by atoms with Crippen molar-refractivity contribution in [3.8, 4) is 11.3 Å². The average Bonchev–Trinajstić information content (AvgIpc) is 2.61. The highest BCUT2D eigenvalue weighted by Crippen LogP contribution is 2.22. The van der Waals surface area contributed by atoms with E-state index in [4.69, 9.17) is 5.73 Å². The maximum absolute atomic E-state index is 12.8. The quantitative estimate of drug-likeness (QED) is 0.844. The summed E-state index contributed by atoms with van der Waals surface area (Å²) >= 11 is 0. The zero-order valence-electron chi connectivity index (χ0n) is 9.31. The Labute approximate surface area is 93.7 Å². The molecule has 1 heterocycles. The lowest BCUT2D eigenvalue weighted by molar-refractivity contribution is 0.542. The van der Waals surface area contributed by atoms with E-state index in [1.807, 2.05) is 13.8 Å². The normalized spacial score (nSPS) is 11.0. The fraction of sp³-hybridized carbons (Fsp3) is 0.250. The van der Waals surface area contributed by atoms with Crippen molar-refractivity contribution in [3.63, 3.8) is 0 Å². The summed E-state index contributed by atoms with van der Waals surface area (Å²) in [6.45, 7) is 4.02. The Morgan fingerprint density at radius 3 is 2.38 bits per heavy atom. The first-order chi connectivity index (χ1) is 7.58. The number of hydrogen-bond donors (Lipinski definition) is 1. The van der Waals surface area contributed by atoms with Gasteiger partial charge in [0.05, 0.1) is 5.69 Å². The van der Waals surface area contributed by atoms with Crippen LogP contribution in [0.3, 0.4) is 0 Å². The average molecular weight is 219 g/mol. The van der Waals surface area contributed by atoms with Crippen LogP contribution in [0, 0.1) is 5.82 Å². The number of benzene rings is 1. The van der Waals surface area contributed by atoms with Gasteiger partial charge in [-0.2, -0.15) is 5.10 Å². The second kappa shape index (κ2) is 3.96. The summed E-state index contributed by atoms with van der Waals surface area (Å²) in [6.07, 6.45) is 0. The van der Waals surface area contributed by atoms with Crippen molar-refractivity contribution < 1.29 is 4.39 Å². The maximum atomic E-state index is 12.8. The van der Waals surface area contributed by atoms with Gasteiger partial charge in [0.15, 0.2) is 0 Å². The molecule has 0 saturated heterocycles. The number of anilines is 1. The molecular formula is C12H14FN3. The number of rotatable bonds is 2. The second-order valence-electron chi connectivity index (χ2n) is 4.00. The van der Waals surface area contributed by atoms with E-state index in [2.05, 4.69) is 5.10 Å². The summed E-state index contributed by atoms with van der Waals surface area (Å²) in [5.41, 5.74) is 7.47. The number of nitrogen functional groups attached to an aromatic ring is 1. The third kappa shape index (κ3) is 1.91. The molecule has 1 aromatic heterocycles. The zero-order valence-corrected chi connectivity index (χ0v) is 9.31. The van der Waals surface area contributed by atoms with E-state index < -0.39 is 0 Å². The first-order valence-corrected chi connectivity index (χ1v) is 5.19. The summed E-state index contributed by atoms with van der Waals surface area (Å²) in [5, 5.41) is 4.38. The molecule has 1 aromatic carbocycles. The number of aromatic nitrogens is 2. The predicted molar refractivity (Wildman–Crippen MR) is 62.4 cm³/mol. The second-order valence-corrected chi connectivity index (χ2v) is 4.00. The van der Waals surface area contributed by atoms with Crippen molar-refractivity contribution in [1.29, 1.82) is 0 Å². The summed E-state index contributed by atoms with van der Waals surface area (Å²) in [5.74, 6) is 0.370. The summed E-state index contributed by atoms with van der Waals surface area (Å²) in [6, 6.07) is 8.24. The van der Waals surface area contributed by atoms with E-state index in [0.29, 0.717) is 5.82 Å². The Balaban J connectivity index is 2.41. The molecule has 4 heteroatoms. The summed E-state index contributed by atoms with van der Waals surface area (Å²) in [7, 11) is 0. The Kier molecular flexibility index (Phi) is 2.64. The molecule has 2 N–H and O–H groups in total. The van der Waals surface area contributed by atoms with Gasteiger partial charge in [-0.05, 0) is 38.1 Å². The monoisotopic (exact) mass is 219 g/mol. The summed E-state index contributed by atoms with van der Waals surface area (Å²) in [4.78, 5) is 0. The van der Waals surface area contributed by atoms with Gasteiger partial charge in [0.25, 0.3) is 0 Å². The Hall–Kier alpha value is -1.84. The molecule has 0 bridgehead atoms. The van der Waals surface area contributed by atoms with Gasteiger partial charge < -0.3 is 5.73 Å². The van der Waals surface area contributed by atoms with Crippen LogP contribution in [0.1, 0.15) is 19.9 Å². The van der Waals surface area contributed by atoms with Crippen LogP contribution in [0.4, 0.5) is 10.2 Å². The SMILES string of the molecule is CC(C)n1nc(-c2ccc(F)cc2)cc1N. The molecule has 0 spiro atoms. The first kappa shape index (κ1) is 10.7. The van der Waals surface area contributed by atoms with Gasteiger partial charge in [0.1, 0.15) is 11.6 Å². The van der Waals surface area contributed by atoms with E-state index >= 15 is 0 Å². The molecular weight excluding hydrogens is 205 g/mol. The molecule has 0 aliphatic heterocycles. The molecule has 0 aliphatic carbocycles. The molecule has 84 valence electrons. The van der Waals surface area contributed by atoms with Gasteiger partial charge in [-0.15, -0.1) is 0 Å². The highest BCUT2D eigenvalue weighted by atomic mass is 19.1. The predicted octanol–water partition coefficient (Wildman–Crippen LogP) is 2.85. The molecule has 2 rings (SSSR count). The molecule has 0 amide bonds. The minimum atomic E-state index is -0.250. The van der Waals surface area contributed by atoms with E-state index in [1.54, 1.807) is 22.9 Å². The van der Waals surface area contributed by atoms with Crippen LogP contribution < -0.4 is 5.73 Å². The topological polar surface area (TPSA) is 43.8 Å². The number of nitrogens with two attached hydrogens (primary N) is 1. The lowest BCUT2D eigenvalue weighted by Gasteiger charge is -2.06. The van der Waals surface area contributed by atoms with Gasteiger partial charge in [-0.25, -0.2) is 9.07 Å². The Bertz CT molecular complexity index is 485. The van der Waals surface area contributed by atoms with Gasteiger partial charge in [-0.1, -0.05) is 0 Å². The third-order valence-electron chi connectivity index (χ3n) is 2.39. The first-order valence-electron chi connectivity index (χ1n) is 5.19. The highest BCUT2D eigenvalue weighted by molar-refractivity contribution is 5.62. The van der Waals surface area contributed by atoms with E-state index in [1.165, 1.54) is 12.1 Å². The van der Waals surface area contributed by atoms with Crippen molar-refractivity contribution in [3.05, 3.63) is 36.1 Å². The van der Waals surface area contributed by atoms with Crippen LogP contribution in [0.25, 0.3) is 11.3 Å². The van der Waals surface area contributed by atoms with Crippen LogP contribution in [-0.4, -0.2) is 9.78 Å². The molecule has 3 nitrogen and oxygen atoms in total. The third-order valence-corrected chi connectivity index (χ3v) is 2.39. The zero-order chi connectivity index (χ0) is 11.7. The Morgan fingerprint density at radius 1 is 1.25 bits per heavy atom. The maximum Gasteiger partial charge on any atom is 0.123 e. The van der Waals surface area contributed by atoms with Crippen molar-refractivity contribution >= 4 is 5.82 Å². The lowest BCUT2D eigenvalue weighted by Crippen LogP contribution is -2.06. The van der Waals surface area contributed by atoms with Crippen molar-refractivity contribution in [1.82, 2.24) is 9.78 Å². The van der Waals surface area contributed by atoms with Gasteiger partial charge in [0.2, 0.25) is 0 Å². The minimum Gasteiger partial charge on any atom is -0.384 e. The number of halogens is 1. The highest BCUT2D eigenvalue weighted by Gasteiger charge is 2.09. The standard InChI is InChI=1S/C12H14FN3/c1-8(2)16-12(14)7-11(15-16)9-3-5-10(13)6-4-9/h3-8H,14H2,1-2H3. The van der Waals surface area contributed by atoms with Crippen LogP contribution in [0.5, 0.6) is 0 Å². The molecule has 0 unspecified atom stereocenters. The van der Waals surface area contributed by atoms with Crippen molar-refractivity contribution in [2.45, 2.75) is 19.9 Å². The van der Waals surface area contributed by atoms with E-state index in [9.17, 15) is 4.39 Å². The number of nitrogens with zero attached hydrogens (tertiary/aromatic N) is 2. The lowest BCUT2D eigenvalue weighted by atomic mass is 10.1. The van der Waals surface area contributed by atoms with E-state index in [-0.39, 0.29) is 11.9 Å². The summed E-state index contributed by atoms with van der Waals surface area (Å²) < 4.78 is 14.5. The minimum absolute atomic E-state index is 0.217. The van der Waals surface area contributed by atoms with Crippen molar-refractivity contribution in [2.75, 3.05) is 5.73 Å². The van der Waals surface area contributed by atoms with E-state index in [0.717, 1.165) is 11.3 Å². The molecule has 16 heavy (non-hydrogen) atoms. The van der Waals surface area contributed by atoms with Crippen LogP contribution in [0.2, 0.25) is 0 Å². The largest absolute Gasteiger partial charge is 0.384 e.